The smallest absolute Gasteiger partial charge is 0.243 e. The van der Waals surface area contributed by atoms with Gasteiger partial charge in [0.25, 0.3) is 0 Å². The van der Waals surface area contributed by atoms with E-state index in [2.05, 4.69) is 5.32 Å². The Morgan fingerprint density at radius 2 is 1.96 bits per heavy atom. The van der Waals surface area contributed by atoms with Crippen molar-refractivity contribution in [2.45, 2.75) is 37.3 Å². The molecule has 1 heterocycles. The third-order valence-electron chi connectivity index (χ3n) is 4.44. The lowest BCUT2D eigenvalue weighted by atomic mass is 10.2. The maximum Gasteiger partial charge on any atom is 0.243 e. The molecule has 1 aliphatic rings. The molecule has 1 amide bonds. The van der Waals surface area contributed by atoms with Gasteiger partial charge < -0.3 is 5.32 Å². The molecular weight excluding hydrogens is 408 g/mol. The van der Waals surface area contributed by atoms with Crippen molar-refractivity contribution in [3.8, 4) is 0 Å². The lowest BCUT2D eigenvalue weighted by molar-refractivity contribution is -0.113. The number of amides is 1. The molecule has 0 aliphatic carbocycles. The molecule has 0 aromatic heterocycles. The van der Waals surface area contributed by atoms with Gasteiger partial charge in [0, 0.05) is 24.0 Å². The molecule has 1 saturated heterocycles. The van der Waals surface area contributed by atoms with E-state index < -0.39 is 19.9 Å². The van der Waals surface area contributed by atoms with E-state index >= 15 is 0 Å². The van der Waals surface area contributed by atoms with Crippen molar-refractivity contribution in [3.63, 3.8) is 0 Å². The number of carbonyl (C=O) groups is 1. The van der Waals surface area contributed by atoms with Gasteiger partial charge in [-0.1, -0.05) is 19.9 Å². The van der Waals surface area contributed by atoms with Crippen LogP contribution in [0.1, 0.15) is 25.8 Å². The molecule has 7 nitrogen and oxygen atoms in total. The average Bonchev–Trinajstić information content (AvgIpc) is 2.94. The second-order valence-electron chi connectivity index (χ2n) is 6.45. The van der Waals surface area contributed by atoms with Crippen LogP contribution in [-0.2, 0) is 24.7 Å². The third-order valence-corrected chi connectivity index (χ3v) is 9.91. The van der Waals surface area contributed by atoms with Gasteiger partial charge in [-0.05, 0) is 31.0 Å². The largest absolute Gasteiger partial charge is 0.325 e. The summed E-state index contributed by atoms with van der Waals surface area (Å²) in [7, 11) is -6.58. The number of carbonyl (C=O) groups excluding carboxylic acids is 1. The first-order valence-electron chi connectivity index (χ1n) is 8.81. The molecule has 152 valence electrons. The molecule has 0 radical (unpaired) electrons. The Labute approximate surface area is 165 Å². The summed E-state index contributed by atoms with van der Waals surface area (Å²) in [5.41, 5.74) is 1.03. The number of nitrogens with zero attached hydrogens (tertiary/aromatic N) is 1. The highest BCUT2D eigenvalue weighted by molar-refractivity contribution is 8.02. The molecule has 1 N–H and O–H groups in total. The zero-order chi connectivity index (χ0) is 20.2. The first kappa shape index (κ1) is 22.2. The van der Waals surface area contributed by atoms with Crippen molar-refractivity contribution < 1.29 is 21.6 Å². The van der Waals surface area contributed by atoms with Crippen molar-refractivity contribution in [2.24, 2.45) is 0 Å². The van der Waals surface area contributed by atoms with Gasteiger partial charge in [0.15, 0.2) is 9.84 Å². The number of sulfonamides is 1. The number of thioether (sulfide) groups is 1. The van der Waals surface area contributed by atoms with Crippen molar-refractivity contribution >= 4 is 43.2 Å². The van der Waals surface area contributed by atoms with Gasteiger partial charge in [-0.15, -0.1) is 11.8 Å². The molecule has 0 spiro atoms. The molecule has 0 saturated carbocycles. The molecule has 10 heteroatoms. The van der Waals surface area contributed by atoms with Crippen molar-refractivity contribution in [2.75, 3.05) is 35.7 Å². The summed E-state index contributed by atoms with van der Waals surface area (Å²) in [6.45, 7) is 6.02. The zero-order valence-corrected chi connectivity index (χ0v) is 18.2. The highest BCUT2D eigenvalue weighted by Gasteiger charge is 2.28. The Morgan fingerprint density at radius 3 is 2.52 bits per heavy atom. The Kier molecular flexibility index (Phi) is 7.34. The number of hydrogen-bond acceptors (Lipinski definition) is 6. The molecule has 1 unspecified atom stereocenters. The lowest BCUT2D eigenvalue weighted by Gasteiger charge is -2.20. The van der Waals surface area contributed by atoms with Gasteiger partial charge in [-0.2, -0.15) is 4.31 Å². The van der Waals surface area contributed by atoms with E-state index in [1.165, 1.54) is 22.1 Å². The summed E-state index contributed by atoms with van der Waals surface area (Å²) in [6.07, 6.45) is 0.567. The predicted octanol–water partition coefficient (Wildman–Crippen LogP) is 1.88. The van der Waals surface area contributed by atoms with Gasteiger partial charge in [0.1, 0.15) is 0 Å². The van der Waals surface area contributed by atoms with E-state index in [4.69, 9.17) is 0 Å². The van der Waals surface area contributed by atoms with Crippen LogP contribution in [0.15, 0.2) is 23.1 Å². The van der Waals surface area contributed by atoms with Gasteiger partial charge in [0.2, 0.25) is 15.9 Å². The number of hydrogen-bond donors (Lipinski definition) is 1. The van der Waals surface area contributed by atoms with Gasteiger partial charge >= 0.3 is 0 Å². The molecule has 1 atom stereocenters. The van der Waals surface area contributed by atoms with Crippen molar-refractivity contribution in [3.05, 3.63) is 23.8 Å². The monoisotopic (exact) mass is 434 g/mol. The fraction of sp³-hybridized carbons (Fsp3) is 0.588. The normalized spacial score (nSPS) is 19.3. The summed E-state index contributed by atoms with van der Waals surface area (Å²) >= 11 is 1.32. The van der Waals surface area contributed by atoms with Crippen LogP contribution >= 0.6 is 11.8 Å². The summed E-state index contributed by atoms with van der Waals surface area (Å²) in [5.74, 6) is 0.143. The first-order chi connectivity index (χ1) is 12.6. The Balaban J connectivity index is 2.06. The van der Waals surface area contributed by atoms with Crippen LogP contribution < -0.4 is 5.32 Å². The third kappa shape index (κ3) is 5.69. The van der Waals surface area contributed by atoms with Gasteiger partial charge in [-0.3, -0.25) is 4.79 Å². The maximum atomic E-state index is 12.8. The van der Waals surface area contributed by atoms with E-state index in [0.29, 0.717) is 30.8 Å². The topological polar surface area (TPSA) is 101 Å². The molecule has 1 aliphatic heterocycles. The van der Waals surface area contributed by atoms with E-state index in [9.17, 15) is 21.6 Å². The standard InChI is InChI=1S/C17H26N2O5S3/c1-4-19(5-2)27(23,24)16-10-14(7-6-13(16)3)18-17(20)11-25-15-8-9-26(21,22)12-15/h6-7,10,15H,4-5,8-9,11-12H2,1-3H3,(H,18,20). The second kappa shape index (κ2) is 8.93. The molecule has 2 rings (SSSR count). The van der Waals surface area contributed by atoms with Crippen LogP contribution in [0.5, 0.6) is 0 Å². The molecule has 1 fully saturated rings. The molecule has 27 heavy (non-hydrogen) atoms. The number of benzene rings is 1. The highest BCUT2D eigenvalue weighted by Crippen LogP contribution is 2.26. The maximum absolute atomic E-state index is 12.8. The van der Waals surface area contributed by atoms with Crippen LogP contribution in [0.2, 0.25) is 0 Å². The van der Waals surface area contributed by atoms with Crippen molar-refractivity contribution in [1.82, 2.24) is 4.31 Å². The van der Waals surface area contributed by atoms with Gasteiger partial charge in [0.05, 0.1) is 22.2 Å². The lowest BCUT2D eigenvalue weighted by Crippen LogP contribution is -2.31. The first-order valence-corrected chi connectivity index (χ1v) is 13.1. The minimum Gasteiger partial charge on any atom is -0.325 e. The summed E-state index contributed by atoms with van der Waals surface area (Å²) in [5, 5.41) is 2.65. The minimum atomic E-state index is -3.62. The Hall–Kier alpha value is -1.10. The molecule has 1 aromatic carbocycles. The van der Waals surface area contributed by atoms with Crippen molar-refractivity contribution in [1.29, 1.82) is 0 Å². The zero-order valence-electron chi connectivity index (χ0n) is 15.8. The summed E-state index contributed by atoms with van der Waals surface area (Å²) in [6, 6.07) is 4.81. The van der Waals surface area contributed by atoms with E-state index in [-0.39, 0.29) is 33.3 Å². The molecule has 0 bridgehead atoms. The average molecular weight is 435 g/mol. The molecular formula is C17H26N2O5S3. The van der Waals surface area contributed by atoms with E-state index in [0.717, 1.165) is 0 Å². The van der Waals surface area contributed by atoms with E-state index in [1.807, 2.05) is 0 Å². The predicted molar refractivity (Wildman–Crippen MR) is 109 cm³/mol. The SMILES string of the molecule is CCN(CC)S(=O)(=O)c1cc(NC(=O)CSC2CCS(=O)(=O)C2)ccc1C. The van der Waals surface area contributed by atoms with E-state index in [1.54, 1.807) is 32.9 Å². The molecule has 1 aromatic rings. The summed E-state index contributed by atoms with van der Waals surface area (Å²) in [4.78, 5) is 12.4. The number of nitrogens with one attached hydrogen (secondary N) is 1. The quantitative estimate of drug-likeness (QED) is 0.670. The van der Waals surface area contributed by atoms with Crippen LogP contribution in [-0.4, -0.2) is 62.6 Å². The van der Waals surface area contributed by atoms with Crippen LogP contribution in [0.25, 0.3) is 0 Å². The number of anilines is 1. The van der Waals surface area contributed by atoms with Crippen LogP contribution in [0, 0.1) is 6.92 Å². The number of rotatable bonds is 8. The highest BCUT2D eigenvalue weighted by atomic mass is 32.2. The van der Waals surface area contributed by atoms with Gasteiger partial charge in [-0.25, -0.2) is 16.8 Å². The number of aryl methyl sites for hydroxylation is 1. The fourth-order valence-electron chi connectivity index (χ4n) is 2.94. The van der Waals surface area contributed by atoms with Crippen LogP contribution in [0.3, 0.4) is 0 Å². The van der Waals surface area contributed by atoms with Crippen LogP contribution in [0.4, 0.5) is 5.69 Å². The Bertz CT molecular complexity index is 893. The number of sulfone groups is 1. The Morgan fingerprint density at radius 1 is 1.30 bits per heavy atom. The second-order valence-corrected chi connectivity index (χ2v) is 11.9. The fourth-order valence-corrected chi connectivity index (χ4v) is 8.09. The minimum absolute atomic E-state index is 0.0580. The summed E-state index contributed by atoms with van der Waals surface area (Å²) < 4.78 is 49.8.